The second kappa shape index (κ2) is 7.07. The minimum absolute atomic E-state index is 0.00893. The Bertz CT molecular complexity index is 915. The summed E-state index contributed by atoms with van der Waals surface area (Å²) in [7, 11) is 1.54. The van der Waals surface area contributed by atoms with Crippen molar-refractivity contribution in [3.63, 3.8) is 0 Å². The number of ether oxygens (including phenoxy) is 2. The van der Waals surface area contributed by atoms with Crippen molar-refractivity contribution in [2.24, 2.45) is 35.5 Å². The van der Waals surface area contributed by atoms with Crippen molar-refractivity contribution in [3.05, 3.63) is 42.0 Å². The monoisotopic (exact) mass is 409 g/mol. The fourth-order valence-corrected chi connectivity index (χ4v) is 5.52. The highest BCUT2D eigenvalue weighted by Crippen LogP contribution is 2.65. The molecule has 30 heavy (non-hydrogen) atoms. The first-order chi connectivity index (χ1) is 14.5. The van der Waals surface area contributed by atoms with Gasteiger partial charge in [-0.3, -0.25) is 24.1 Å². The van der Waals surface area contributed by atoms with E-state index >= 15 is 0 Å². The maximum absolute atomic E-state index is 12.9. The average Bonchev–Trinajstić information content (AvgIpc) is 3.55. The van der Waals surface area contributed by atoms with Gasteiger partial charge in [-0.1, -0.05) is 12.2 Å². The van der Waals surface area contributed by atoms with Crippen molar-refractivity contribution in [1.29, 1.82) is 0 Å². The Balaban J connectivity index is 1.14. The van der Waals surface area contributed by atoms with Gasteiger partial charge in [0.25, 0.3) is 0 Å². The first-order valence-electron chi connectivity index (χ1n) is 10.4. The van der Waals surface area contributed by atoms with Crippen molar-refractivity contribution in [2.45, 2.75) is 12.8 Å². The van der Waals surface area contributed by atoms with Gasteiger partial charge in [-0.25, -0.2) is 0 Å². The summed E-state index contributed by atoms with van der Waals surface area (Å²) >= 11 is 0. The minimum atomic E-state index is -0.601. The molecule has 6 atom stereocenters. The maximum Gasteiger partial charge on any atom is 0.308 e. The van der Waals surface area contributed by atoms with Crippen LogP contribution in [0.1, 0.15) is 23.2 Å². The molecule has 0 spiro atoms. The summed E-state index contributed by atoms with van der Waals surface area (Å²) < 4.78 is 10.1. The van der Waals surface area contributed by atoms with E-state index in [9.17, 15) is 19.2 Å². The van der Waals surface area contributed by atoms with Crippen LogP contribution in [0.5, 0.6) is 5.75 Å². The molecule has 5 aliphatic rings. The molecular formula is C23H23NO6. The van der Waals surface area contributed by atoms with E-state index in [2.05, 4.69) is 12.2 Å². The Morgan fingerprint density at radius 3 is 2.17 bits per heavy atom. The molecular weight excluding hydrogens is 386 g/mol. The summed E-state index contributed by atoms with van der Waals surface area (Å²) in [6, 6.07) is 6.52. The number of carbonyl (C=O) groups excluding carboxylic acids is 4. The maximum atomic E-state index is 12.9. The molecule has 0 aromatic heterocycles. The zero-order valence-corrected chi connectivity index (χ0v) is 16.7. The van der Waals surface area contributed by atoms with E-state index in [1.807, 2.05) is 0 Å². The van der Waals surface area contributed by atoms with Crippen molar-refractivity contribution in [2.75, 3.05) is 20.3 Å². The van der Waals surface area contributed by atoms with Crippen LogP contribution in [0, 0.1) is 35.5 Å². The molecule has 3 fully saturated rings. The number of Topliss-reactive ketones (excluding diaryl/α,β-unsaturated/α-hetero) is 1. The number of ketones is 1. The highest BCUT2D eigenvalue weighted by molar-refractivity contribution is 6.06. The molecule has 1 aliphatic heterocycles. The standard InChI is InChI=1S/C23H23NO6/c1-29-13-4-2-12(3-5-13)18(25)11-30-19(26)8-9-24-22(27)20-14-6-7-15(17-10-16(14)17)21(20)23(24)28/h2-7,14-17,20-21H,8-11H2,1H3/t14-,15+,16-,17+,20-,21+. The molecule has 2 saturated carbocycles. The summed E-state index contributed by atoms with van der Waals surface area (Å²) in [6.45, 7) is -0.370. The lowest BCUT2D eigenvalue weighted by molar-refractivity contribution is -0.145. The minimum Gasteiger partial charge on any atom is -0.497 e. The third kappa shape index (κ3) is 2.95. The van der Waals surface area contributed by atoms with Crippen molar-refractivity contribution in [3.8, 4) is 5.75 Å². The van der Waals surface area contributed by atoms with Gasteiger partial charge in [0.05, 0.1) is 25.4 Å². The van der Waals surface area contributed by atoms with Gasteiger partial charge in [-0.15, -0.1) is 0 Å². The molecule has 7 heteroatoms. The summed E-state index contributed by atoms with van der Waals surface area (Å²) in [4.78, 5) is 51.2. The molecule has 156 valence electrons. The molecule has 2 amide bonds. The van der Waals surface area contributed by atoms with Crippen LogP contribution in [-0.4, -0.2) is 48.7 Å². The van der Waals surface area contributed by atoms with Crippen LogP contribution in [0.2, 0.25) is 0 Å². The number of amides is 2. The van der Waals surface area contributed by atoms with Gasteiger partial charge in [-0.05, 0) is 54.4 Å². The quantitative estimate of drug-likeness (QED) is 0.296. The van der Waals surface area contributed by atoms with Gasteiger partial charge in [0.15, 0.2) is 12.4 Å². The van der Waals surface area contributed by atoms with Crippen LogP contribution in [-0.2, 0) is 19.1 Å². The average molecular weight is 409 g/mol. The number of methoxy groups -OCH3 is 1. The predicted molar refractivity (Wildman–Crippen MR) is 104 cm³/mol. The highest BCUT2D eigenvalue weighted by atomic mass is 16.5. The lowest BCUT2D eigenvalue weighted by Gasteiger charge is -2.37. The second-order valence-corrected chi connectivity index (χ2v) is 8.55. The summed E-state index contributed by atoms with van der Waals surface area (Å²) in [5.74, 6) is 0.301. The van der Waals surface area contributed by atoms with Gasteiger partial charge in [0, 0.05) is 12.1 Å². The first-order valence-corrected chi connectivity index (χ1v) is 10.4. The zero-order valence-electron chi connectivity index (χ0n) is 16.7. The Morgan fingerprint density at radius 1 is 1.00 bits per heavy atom. The van der Waals surface area contributed by atoms with E-state index in [0.29, 0.717) is 23.1 Å². The van der Waals surface area contributed by atoms with Crippen molar-refractivity contribution < 1.29 is 28.7 Å². The van der Waals surface area contributed by atoms with E-state index in [4.69, 9.17) is 9.47 Å². The molecule has 0 unspecified atom stereocenters. The molecule has 1 aromatic rings. The van der Waals surface area contributed by atoms with Crippen LogP contribution >= 0.6 is 0 Å². The van der Waals surface area contributed by atoms with Crippen LogP contribution in [0.25, 0.3) is 0 Å². The third-order valence-electron chi connectivity index (χ3n) is 7.07. The molecule has 4 aliphatic carbocycles. The van der Waals surface area contributed by atoms with Gasteiger partial charge in [-0.2, -0.15) is 0 Å². The van der Waals surface area contributed by atoms with Crippen LogP contribution < -0.4 is 4.74 Å². The fraction of sp³-hybridized carbons (Fsp3) is 0.478. The molecule has 0 N–H and O–H groups in total. The lowest BCUT2D eigenvalue weighted by Crippen LogP contribution is -2.40. The van der Waals surface area contributed by atoms with Crippen LogP contribution in [0.3, 0.4) is 0 Å². The molecule has 0 radical (unpaired) electrons. The van der Waals surface area contributed by atoms with E-state index in [1.165, 1.54) is 12.0 Å². The molecule has 2 bridgehead atoms. The summed E-state index contributed by atoms with van der Waals surface area (Å²) in [5.41, 5.74) is 0.416. The number of hydrogen-bond acceptors (Lipinski definition) is 6. The van der Waals surface area contributed by atoms with E-state index < -0.39 is 5.97 Å². The Morgan fingerprint density at radius 2 is 1.60 bits per heavy atom. The molecule has 1 aromatic carbocycles. The van der Waals surface area contributed by atoms with Crippen molar-refractivity contribution >= 4 is 23.6 Å². The van der Waals surface area contributed by atoms with Gasteiger partial charge in [0.2, 0.25) is 11.8 Å². The Kier molecular flexibility index (Phi) is 4.49. The van der Waals surface area contributed by atoms with Crippen LogP contribution in [0.4, 0.5) is 0 Å². The number of rotatable bonds is 7. The normalized spacial score (nSPS) is 32.6. The smallest absolute Gasteiger partial charge is 0.308 e. The first kappa shape index (κ1) is 19.0. The summed E-state index contributed by atoms with van der Waals surface area (Å²) in [6.07, 6.45) is 5.24. The zero-order chi connectivity index (χ0) is 21.0. The number of likely N-dealkylation sites (tertiary alicyclic amines) is 1. The fourth-order valence-electron chi connectivity index (χ4n) is 5.52. The number of imide groups is 1. The Labute approximate surface area is 174 Å². The topological polar surface area (TPSA) is 90.0 Å². The summed E-state index contributed by atoms with van der Waals surface area (Å²) in [5, 5.41) is 0. The molecule has 1 heterocycles. The van der Waals surface area contributed by atoms with E-state index in [-0.39, 0.29) is 60.8 Å². The number of nitrogens with zero attached hydrogens (tertiary/aromatic N) is 1. The molecule has 6 rings (SSSR count). The van der Waals surface area contributed by atoms with Crippen molar-refractivity contribution in [1.82, 2.24) is 4.90 Å². The number of esters is 1. The van der Waals surface area contributed by atoms with Crippen LogP contribution in [0.15, 0.2) is 36.4 Å². The number of benzene rings is 1. The largest absolute Gasteiger partial charge is 0.497 e. The number of hydrogen-bond donors (Lipinski definition) is 0. The number of allylic oxidation sites excluding steroid dienone is 2. The van der Waals surface area contributed by atoms with Gasteiger partial charge in [0.1, 0.15) is 5.75 Å². The number of carbonyl (C=O) groups is 4. The SMILES string of the molecule is COc1ccc(C(=O)COC(=O)CCN2C(=O)[C@@H]3[C@@H]4C=C[C@@H]([C@@H]5C[C@H]45)[C@@H]3C2=O)cc1. The lowest BCUT2D eigenvalue weighted by atomic mass is 9.63. The van der Waals surface area contributed by atoms with Gasteiger partial charge >= 0.3 is 5.97 Å². The Hall–Kier alpha value is -2.96. The van der Waals surface area contributed by atoms with Gasteiger partial charge < -0.3 is 9.47 Å². The van der Waals surface area contributed by atoms with E-state index in [0.717, 1.165) is 6.42 Å². The van der Waals surface area contributed by atoms with E-state index in [1.54, 1.807) is 24.3 Å². The highest BCUT2D eigenvalue weighted by Gasteiger charge is 2.66. The third-order valence-corrected chi connectivity index (χ3v) is 7.07. The predicted octanol–water partition coefficient (Wildman–Crippen LogP) is 1.86. The molecule has 7 nitrogen and oxygen atoms in total. The second-order valence-electron chi connectivity index (χ2n) is 8.55. The molecule has 1 saturated heterocycles.